The molecule has 0 radical (unpaired) electrons. The van der Waals surface area contributed by atoms with Crippen molar-refractivity contribution in [3.63, 3.8) is 0 Å². The highest BCUT2D eigenvalue weighted by molar-refractivity contribution is 5.84. The lowest BCUT2D eigenvalue weighted by Crippen LogP contribution is -2.48. The van der Waals surface area contributed by atoms with Gasteiger partial charge >= 0.3 is 0 Å². The fourth-order valence-corrected chi connectivity index (χ4v) is 2.95. The van der Waals surface area contributed by atoms with E-state index in [0.717, 1.165) is 0 Å². The van der Waals surface area contributed by atoms with Crippen LogP contribution in [0.15, 0.2) is 42.5 Å². The van der Waals surface area contributed by atoms with Crippen LogP contribution in [0.5, 0.6) is 5.75 Å². The molecule has 2 atom stereocenters. The van der Waals surface area contributed by atoms with Crippen LogP contribution in [0.4, 0.5) is 5.69 Å². The number of amides is 1. The highest BCUT2D eigenvalue weighted by atomic mass is 16.6. The SMILES string of the molecule is CC(C)(C)NC(=O)C(O)C1Oc2ccc([N+](=O)[O-])cc2-c2ccccc21. The highest BCUT2D eigenvalue weighted by Gasteiger charge is 2.36. The number of hydrogen-bond donors (Lipinski definition) is 2. The molecule has 0 bridgehead atoms. The van der Waals surface area contributed by atoms with E-state index >= 15 is 0 Å². The first-order valence-electron chi connectivity index (χ1n) is 8.22. The van der Waals surface area contributed by atoms with Gasteiger partial charge in [-0.05, 0) is 32.4 Å². The summed E-state index contributed by atoms with van der Waals surface area (Å²) in [7, 11) is 0. The maximum Gasteiger partial charge on any atom is 0.270 e. The Balaban J connectivity index is 2.02. The third-order valence-corrected chi connectivity index (χ3v) is 4.04. The normalized spacial score (nSPS) is 16.7. The number of nitro benzene ring substituents is 1. The summed E-state index contributed by atoms with van der Waals surface area (Å²) in [4.78, 5) is 23.0. The molecule has 26 heavy (non-hydrogen) atoms. The van der Waals surface area contributed by atoms with Crippen LogP contribution in [0.3, 0.4) is 0 Å². The van der Waals surface area contributed by atoms with Crippen molar-refractivity contribution in [3.05, 3.63) is 58.1 Å². The van der Waals surface area contributed by atoms with E-state index in [-0.39, 0.29) is 5.69 Å². The summed E-state index contributed by atoms with van der Waals surface area (Å²) in [5, 5.41) is 24.4. The molecule has 2 unspecified atom stereocenters. The summed E-state index contributed by atoms with van der Waals surface area (Å²) in [6.45, 7) is 5.46. The van der Waals surface area contributed by atoms with E-state index in [1.54, 1.807) is 24.3 Å². The Hall–Kier alpha value is -2.93. The molecule has 7 nitrogen and oxygen atoms in total. The molecule has 7 heteroatoms. The monoisotopic (exact) mass is 356 g/mol. The van der Waals surface area contributed by atoms with E-state index < -0.39 is 28.6 Å². The number of hydrogen-bond acceptors (Lipinski definition) is 5. The van der Waals surface area contributed by atoms with Crippen LogP contribution in [-0.4, -0.2) is 27.6 Å². The second kappa shape index (κ2) is 6.42. The van der Waals surface area contributed by atoms with Gasteiger partial charge < -0.3 is 15.2 Å². The topological polar surface area (TPSA) is 102 Å². The Labute approximate surface area is 150 Å². The standard InChI is InChI=1S/C19H20N2O5/c1-19(2,3)20-18(23)16(22)17-13-7-5-4-6-12(13)14-10-11(21(24)25)8-9-15(14)26-17/h4-10,16-17,22H,1-3H3,(H,20,23). The first kappa shape index (κ1) is 17.9. The molecular formula is C19H20N2O5. The maximum absolute atomic E-state index is 12.4. The largest absolute Gasteiger partial charge is 0.482 e. The van der Waals surface area contributed by atoms with Crippen LogP contribution < -0.4 is 10.1 Å². The fourth-order valence-electron chi connectivity index (χ4n) is 2.95. The molecule has 1 heterocycles. The molecule has 2 aromatic carbocycles. The molecule has 3 rings (SSSR count). The Morgan fingerprint density at radius 1 is 1.23 bits per heavy atom. The highest BCUT2D eigenvalue weighted by Crippen LogP contribution is 2.44. The summed E-state index contributed by atoms with van der Waals surface area (Å²) in [5.41, 5.74) is 1.33. The number of aliphatic hydroxyl groups excluding tert-OH is 1. The van der Waals surface area contributed by atoms with Gasteiger partial charge in [-0.1, -0.05) is 24.3 Å². The van der Waals surface area contributed by atoms with E-state index in [4.69, 9.17) is 4.74 Å². The zero-order valence-corrected chi connectivity index (χ0v) is 14.7. The Kier molecular flexibility index (Phi) is 4.41. The van der Waals surface area contributed by atoms with Gasteiger partial charge in [0.15, 0.2) is 12.2 Å². The van der Waals surface area contributed by atoms with Crippen molar-refractivity contribution >= 4 is 11.6 Å². The minimum Gasteiger partial charge on any atom is -0.482 e. The van der Waals surface area contributed by atoms with Gasteiger partial charge in [0.05, 0.1) is 4.92 Å². The number of non-ortho nitro benzene ring substituents is 1. The average Bonchev–Trinajstić information content (AvgIpc) is 2.58. The average molecular weight is 356 g/mol. The first-order valence-corrected chi connectivity index (χ1v) is 8.22. The number of nitro groups is 1. The number of nitrogens with one attached hydrogen (secondary N) is 1. The number of carbonyl (C=O) groups is 1. The number of carbonyl (C=O) groups excluding carboxylic acids is 1. The van der Waals surface area contributed by atoms with Gasteiger partial charge in [0, 0.05) is 28.8 Å². The zero-order chi connectivity index (χ0) is 19.1. The molecule has 0 spiro atoms. The predicted molar refractivity (Wildman–Crippen MR) is 95.8 cm³/mol. The Morgan fingerprint density at radius 2 is 1.92 bits per heavy atom. The zero-order valence-electron chi connectivity index (χ0n) is 14.7. The van der Waals surface area contributed by atoms with Crippen molar-refractivity contribution in [3.8, 4) is 16.9 Å². The third-order valence-electron chi connectivity index (χ3n) is 4.04. The van der Waals surface area contributed by atoms with Crippen molar-refractivity contribution in [1.82, 2.24) is 5.32 Å². The lowest BCUT2D eigenvalue weighted by molar-refractivity contribution is -0.384. The molecule has 0 aromatic heterocycles. The smallest absolute Gasteiger partial charge is 0.270 e. The molecule has 1 aliphatic rings. The summed E-state index contributed by atoms with van der Waals surface area (Å²) < 4.78 is 5.86. The van der Waals surface area contributed by atoms with Gasteiger partial charge in [-0.15, -0.1) is 0 Å². The first-order chi connectivity index (χ1) is 12.2. The van der Waals surface area contributed by atoms with E-state index in [0.29, 0.717) is 22.4 Å². The summed E-state index contributed by atoms with van der Waals surface area (Å²) in [6, 6.07) is 11.4. The second-order valence-electron chi connectivity index (χ2n) is 7.25. The van der Waals surface area contributed by atoms with Crippen LogP contribution in [0.1, 0.15) is 32.4 Å². The van der Waals surface area contributed by atoms with Gasteiger partial charge in [-0.3, -0.25) is 14.9 Å². The van der Waals surface area contributed by atoms with Crippen LogP contribution in [0, 0.1) is 10.1 Å². The van der Waals surface area contributed by atoms with Crippen molar-refractivity contribution < 1.29 is 19.6 Å². The number of ether oxygens (including phenoxy) is 1. The number of fused-ring (bicyclic) bond motifs is 3. The summed E-state index contributed by atoms with van der Waals surface area (Å²) in [6.07, 6.45) is -2.32. The van der Waals surface area contributed by atoms with Gasteiger partial charge in [0.2, 0.25) is 0 Å². The van der Waals surface area contributed by atoms with Crippen LogP contribution in [-0.2, 0) is 4.79 Å². The van der Waals surface area contributed by atoms with Crippen LogP contribution >= 0.6 is 0 Å². The summed E-state index contributed by atoms with van der Waals surface area (Å²) >= 11 is 0. The molecule has 1 amide bonds. The van der Waals surface area contributed by atoms with Crippen molar-refractivity contribution in [1.29, 1.82) is 0 Å². The van der Waals surface area contributed by atoms with Crippen molar-refractivity contribution in [2.45, 2.75) is 38.5 Å². The second-order valence-corrected chi connectivity index (χ2v) is 7.25. The number of rotatable bonds is 3. The van der Waals surface area contributed by atoms with Crippen molar-refractivity contribution in [2.24, 2.45) is 0 Å². The van der Waals surface area contributed by atoms with E-state index in [1.165, 1.54) is 18.2 Å². The van der Waals surface area contributed by atoms with E-state index in [9.17, 15) is 20.0 Å². The molecular weight excluding hydrogens is 336 g/mol. The number of nitrogens with zero attached hydrogens (tertiary/aromatic N) is 1. The predicted octanol–water partition coefficient (Wildman–Crippen LogP) is 2.97. The van der Waals surface area contributed by atoms with Gasteiger partial charge in [0.25, 0.3) is 11.6 Å². The molecule has 136 valence electrons. The minimum atomic E-state index is -1.42. The number of benzene rings is 2. The third kappa shape index (κ3) is 3.39. The van der Waals surface area contributed by atoms with Crippen LogP contribution in [0.2, 0.25) is 0 Å². The molecule has 0 aliphatic carbocycles. The molecule has 1 aliphatic heterocycles. The fraction of sp³-hybridized carbons (Fsp3) is 0.316. The number of aliphatic hydroxyl groups is 1. The summed E-state index contributed by atoms with van der Waals surface area (Å²) in [5.74, 6) is -0.149. The molecule has 0 fully saturated rings. The molecule has 2 N–H and O–H groups in total. The Bertz CT molecular complexity index is 872. The molecule has 0 saturated heterocycles. The Morgan fingerprint density at radius 3 is 2.58 bits per heavy atom. The van der Waals surface area contributed by atoms with E-state index in [2.05, 4.69) is 5.32 Å². The lowest BCUT2D eigenvalue weighted by Gasteiger charge is -2.32. The quantitative estimate of drug-likeness (QED) is 0.650. The van der Waals surface area contributed by atoms with Crippen molar-refractivity contribution in [2.75, 3.05) is 0 Å². The molecule has 0 saturated carbocycles. The lowest BCUT2D eigenvalue weighted by atomic mass is 9.90. The minimum absolute atomic E-state index is 0.0494. The van der Waals surface area contributed by atoms with Crippen LogP contribution in [0.25, 0.3) is 11.1 Å². The van der Waals surface area contributed by atoms with E-state index in [1.807, 2.05) is 20.8 Å². The van der Waals surface area contributed by atoms with Gasteiger partial charge in [-0.2, -0.15) is 0 Å². The molecule has 2 aromatic rings. The van der Waals surface area contributed by atoms with Gasteiger partial charge in [-0.25, -0.2) is 0 Å². The van der Waals surface area contributed by atoms with Gasteiger partial charge in [0.1, 0.15) is 5.75 Å². The maximum atomic E-state index is 12.4.